The van der Waals surface area contributed by atoms with Crippen LogP contribution in [0.25, 0.3) is 6.08 Å². The first kappa shape index (κ1) is 14.8. The Bertz CT molecular complexity index is 592. The molecule has 0 radical (unpaired) electrons. The van der Waals surface area contributed by atoms with Crippen molar-refractivity contribution in [2.75, 3.05) is 18.5 Å². The molecule has 0 fully saturated rings. The highest BCUT2D eigenvalue weighted by atomic mass is 16.5. The summed E-state index contributed by atoms with van der Waals surface area (Å²) in [7, 11) is 0. The third-order valence-electron chi connectivity index (χ3n) is 2.79. The van der Waals surface area contributed by atoms with Gasteiger partial charge in [-0.1, -0.05) is 42.5 Å². The number of esters is 1. The van der Waals surface area contributed by atoms with Crippen molar-refractivity contribution in [3.05, 3.63) is 65.9 Å². The van der Waals surface area contributed by atoms with Crippen LogP contribution in [0.15, 0.2) is 54.7 Å². The molecule has 0 atom stereocenters. The van der Waals surface area contributed by atoms with Gasteiger partial charge in [0.1, 0.15) is 5.82 Å². The highest BCUT2D eigenvalue weighted by Crippen LogP contribution is 2.07. The van der Waals surface area contributed by atoms with E-state index in [0.29, 0.717) is 18.7 Å². The van der Waals surface area contributed by atoms with Crippen LogP contribution in [0.3, 0.4) is 0 Å². The van der Waals surface area contributed by atoms with Crippen LogP contribution in [-0.4, -0.2) is 24.1 Å². The van der Waals surface area contributed by atoms with E-state index in [4.69, 9.17) is 4.74 Å². The first-order valence-corrected chi connectivity index (χ1v) is 6.88. The van der Waals surface area contributed by atoms with E-state index in [2.05, 4.69) is 10.3 Å². The molecule has 2 aromatic rings. The molecule has 0 bridgehead atoms. The second-order valence-corrected chi connectivity index (χ2v) is 4.35. The van der Waals surface area contributed by atoms with Gasteiger partial charge in [0, 0.05) is 12.7 Å². The Labute approximate surface area is 124 Å². The lowest BCUT2D eigenvalue weighted by molar-refractivity contribution is 0.0526. The Kier molecular flexibility index (Phi) is 5.52. The molecule has 0 saturated carbocycles. The van der Waals surface area contributed by atoms with Crippen LogP contribution >= 0.6 is 0 Å². The molecule has 1 aromatic heterocycles. The van der Waals surface area contributed by atoms with Gasteiger partial charge in [-0.2, -0.15) is 0 Å². The average molecular weight is 282 g/mol. The van der Waals surface area contributed by atoms with Gasteiger partial charge in [0.25, 0.3) is 0 Å². The molecule has 108 valence electrons. The lowest BCUT2D eigenvalue weighted by Crippen LogP contribution is -2.06. The number of pyridine rings is 1. The molecule has 1 aromatic carbocycles. The van der Waals surface area contributed by atoms with E-state index in [1.54, 1.807) is 19.1 Å². The number of carbonyl (C=O) groups excluding carboxylic acids is 1. The van der Waals surface area contributed by atoms with E-state index < -0.39 is 0 Å². The number of anilines is 1. The maximum Gasteiger partial charge on any atom is 0.339 e. The van der Waals surface area contributed by atoms with Crippen molar-refractivity contribution < 1.29 is 9.53 Å². The molecule has 0 unspecified atom stereocenters. The normalized spacial score (nSPS) is 10.5. The van der Waals surface area contributed by atoms with Gasteiger partial charge in [0.2, 0.25) is 0 Å². The summed E-state index contributed by atoms with van der Waals surface area (Å²) in [5.74, 6) is 0.376. The predicted molar refractivity (Wildman–Crippen MR) is 84.2 cm³/mol. The molecule has 1 heterocycles. The SMILES string of the molecule is CCOC(=O)c1ccc(NC/C=C/c2ccccc2)nc1. The standard InChI is InChI=1S/C17H18N2O2/c1-2-21-17(20)15-10-11-16(19-13-15)18-12-6-9-14-7-4-3-5-8-14/h3-11,13H,2,12H2,1H3,(H,18,19)/b9-6+. The van der Waals surface area contributed by atoms with Gasteiger partial charge in [-0.15, -0.1) is 0 Å². The molecule has 0 aliphatic carbocycles. The van der Waals surface area contributed by atoms with Gasteiger partial charge < -0.3 is 10.1 Å². The number of carbonyl (C=O) groups is 1. The van der Waals surface area contributed by atoms with Crippen molar-refractivity contribution in [2.24, 2.45) is 0 Å². The van der Waals surface area contributed by atoms with Gasteiger partial charge in [-0.05, 0) is 24.6 Å². The highest BCUT2D eigenvalue weighted by molar-refractivity contribution is 5.89. The van der Waals surface area contributed by atoms with Crippen molar-refractivity contribution >= 4 is 17.9 Å². The quantitative estimate of drug-likeness (QED) is 0.825. The largest absolute Gasteiger partial charge is 0.462 e. The minimum atomic E-state index is -0.347. The fourth-order valence-corrected chi connectivity index (χ4v) is 1.76. The molecular weight excluding hydrogens is 264 g/mol. The molecule has 4 nitrogen and oxygen atoms in total. The minimum Gasteiger partial charge on any atom is -0.462 e. The van der Waals surface area contributed by atoms with Crippen LogP contribution in [0.5, 0.6) is 0 Å². The van der Waals surface area contributed by atoms with Crippen molar-refractivity contribution in [2.45, 2.75) is 6.92 Å². The van der Waals surface area contributed by atoms with E-state index >= 15 is 0 Å². The number of nitrogens with one attached hydrogen (secondary N) is 1. The summed E-state index contributed by atoms with van der Waals surface area (Å²) in [6, 6.07) is 13.6. The summed E-state index contributed by atoms with van der Waals surface area (Å²) < 4.78 is 4.90. The molecule has 1 N–H and O–H groups in total. The summed E-state index contributed by atoms with van der Waals surface area (Å²) in [4.78, 5) is 15.7. The van der Waals surface area contributed by atoms with Crippen LogP contribution in [0.4, 0.5) is 5.82 Å². The Morgan fingerprint density at radius 3 is 2.71 bits per heavy atom. The highest BCUT2D eigenvalue weighted by Gasteiger charge is 2.05. The van der Waals surface area contributed by atoms with Gasteiger partial charge in [-0.25, -0.2) is 9.78 Å². The number of nitrogens with zero attached hydrogens (tertiary/aromatic N) is 1. The van der Waals surface area contributed by atoms with E-state index in [0.717, 1.165) is 11.4 Å². The third kappa shape index (κ3) is 4.76. The summed E-state index contributed by atoms with van der Waals surface area (Å²) in [5.41, 5.74) is 1.62. The van der Waals surface area contributed by atoms with Gasteiger partial charge in [0.05, 0.1) is 12.2 Å². The zero-order valence-electron chi connectivity index (χ0n) is 12.0. The number of hydrogen-bond acceptors (Lipinski definition) is 4. The van der Waals surface area contributed by atoms with Gasteiger partial charge in [-0.3, -0.25) is 0 Å². The fourth-order valence-electron chi connectivity index (χ4n) is 1.76. The molecule has 0 aliphatic heterocycles. The zero-order chi connectivity index (χ0) is 14.9. The van der Waals surface area contributed by atoms with Crippen LogP contribution in [0.2, 0.25) is 0 Å². The van der Waals surface area contributed by atoms with E-state index in [1.165, 1.54) is 6.20 Å². The smallest absolute Gasteiger partial charge is 0.339 e. The van der Waals surface area contributed by atoms with Crippen LogP contribution in [0.1, 0.15) is 22.8 Å². The van der Waals surface area contributed by atoms with Crippen molar-refractivity contribution in [1.82, 2.24) is 4.98 Å². The predicted octanol–water partition coefficient (Wildman–Crippen LogP) is 3.38. The van der Waals surface area contributed by atoms with Crippen LogP contribution < -0.4 is 5.32 Å². The monoisotopic (exact) mass is 282 g/mol. The van der Waals surface area contributed by atoms with E-state index in [1.807, 2.05) is 42.5 Å². The first-order valence-electron chi connectivity index (χ1n) is 6.88. The van der Waals surface area contributed by atoms with Gasteiger partial charge in [0.15, 0.2) is 0 Å². The molecule has 4 heteroatoms. The van der Waals surface area contributed by atoms with Crippen LogP contribution in [0, 0.1) is 0 Å². The molecule has 2 rings (SSSR count). The maximum atomic E-state index is 11.5. The molecular formula is C17H18N2O2. The van der Waals surface area contributed by atoms with Crippen LogP contribution in [-0.2, 0) is 4.74 Å². The van der Waals surface area contributed by atoms with Crippen molar-refractivity contribution in [3.8, 4) is 0 Å². The second kappa shape index (κ2) is 7.85. The summed E-state index contributed by atoms with van der Waals surface area (Å²) in [6.45, 7) is 2.81. The van der Waals surface area contributed by atoms with Gasteiger partial charge >= 0.3 is 5.97 Å². The zero-order valence-corrected chi connectivity index (χ0v) is 12.0. The Morgan fingerprint density at radius 1 is 1.24 bits per heavy atom. The number of rotatable bonds is 6. The van der Waals surface area contributed by atoms with E-state index in [9.17, 15) is 4.79 Å². The average Bonchev–Trinajstić information content (AvgIpc) is 2.53. The number of benzene rings is 1. The summed E-state index contributed by atoms with van der Waals surface area (Å²) in [6.07, 6.45) is 5.58. The minimum absolute atomic E-state index is 0.347. The second-order valence-electron chi connectivity index (χ2n) is 4.35. The molecule has 0 amide bonds. The summed E-state index contributed by atoms with van der Waals surface area (Å²) >= 11 is 0. The molecule has 0 aliphatic rings. The van der Waals surface area contributed by atoms with E-state index in [-0.39, 0.29) is 5.97 Å². The summed E-state index contributed by atoms with van der Waals surface area (Å²) in [5, 5.41) is 3.16. The molecule has 0 saturated heterocycles. The van der Waals surface area contributed by atoms with Crippen molar-refractivity contribution in [3.63, 3.8) is 0 Å². The number of hydrogen-bond donors (Lipinski definition) is 1. The lowest BCUT2D eigenvalue weighted by atomic mass is 10.2. The lowest BCUT2D eigenvalue weighted by Gasteiger charge is -2.04. The number of ether oxygens (including phenoxy) is 1. The fraction of sp³-hybridized carbons (Fsp3) is 0.176. The maximum absolute atomic E-state index is 11.5. The van der Waals surface area contributed by atoms with Crippen molar-refractivity contribution in [1.29, 1.82) is 0 Å². The molecule has 0 spiro atoms. The Balaban J connectivity index is 1.84. The Hall–Kier alpha value is -2.62. The third-order valence-corrected chi connectivity index (χ3v) is 2.79. The first-order chi connectivity index (χ1) is 10.3. The topological polar surface area (TPSA) is 51.2 Å². The Morgan fingerprint density at radius 2 is 2.05 bits per heavy atom. The number of aromatic nitrogens is 1. The molecule has 21 heavy (non-hydrogen) atoms.